The van der Waals surface area contributed by atoms with Crippen molar-refractivity contribution in [3.05, 3.63) is 0 Å². The van der Waals surface area contributed by atoms with Crippen LogP contribution in [0.3, 0.4) is 0 Å². The minimum atomic E-state index is -0.257. The third-order valence-corrected chi connectivity index (χ3v) is 4.46. The van der Waals surface area contributed by atoms with Crippen molar-refractivity contribution in [1.82, 2.24) is 10.2 Å². The molecule has 0 aromatic carbocycles. The average molecular weight is 249 g/mol. The second-order valence-corrected chi connectivity index (χ2v) is 6.26. The van der Waals surface area contributed by atoms with Gasteiger partial charge in [0.2, 0.25) is 0 Å². The molecule has 0 amide bonds. The number of rotatable bonds is 7. The Kier molecular flexibility index (Phi) is 4.64. The highest BCUT2D eigenvalue weighted by molar-refractivity contribution is 5.09. The second-order valence-electron chi connectivity index (χ2n) is 6.26. The molecule has 2 unspecified atom stereocenters. The van der Waals surface area contributed by atoms with Gasteiger partial charge in [0, 0.05) is 12.6 Å². The van der Waals surface area contributed by atoms with Crippen molar-refractivity contribution < 1.29 is 0 Å². The number of nitriles is 1. The molecule has 1 saturated heterocycles. The Bertz CT molecular complexity index is 305. The van der Waals surface area contributed by atoms with E-state index in [1.165, 1.54) is 38.9 Å². The van der Waals surface area contributed by atoms with E-state index in [0.29, 0.717) is 6.04 Å². The molecule has 1 N–H and O–H groups in total. The van der Waals surface area contributed by atoms with Crippen molar-refractivity contribution in [1.29, 1.82) is 5.26 Å². The molecule has 0 radical (unpaired) electrons. The molecule has 2 aliphatic rings. The zero-order valence-corrected chi connectivity index (χ0v) is 11.9. The molecule has 18 heavy (non-hydrogen) atoms. The molecule has 2 atom stereocenters. The van der Waals surface area contributed by atoms with Gasteiger partial charge >= 0.3 is 0 Å². The predicted molar refractivity (Wildman–Crippen MR) is 74.2 cm³/mol. The molecule has 0 bridgehead atoms. The van der Waals surface area contributed by atoms with Gasteiger partial charge in [-0.25, -0.2) is 0 Å². The summed E-state index contributed by atoms with van der Waals surface area (Å²) < 4.78 is 0. The van der Waals surface area contributed by atoms with Gasteiger partial charge in [0.25, 0.3) is 0 Å². The van der Waals surface area contributed by atoms with Crippen LogP contribution in [0, 0.1) is 17.2 Å². The SMILES string of the molecule is CCC(C#N)(CCCN1CCC(C)C1)NC1CC1. The van der Waals surface area contributed by atoms with Crippen LogP contribution >= 0.6 is 0 Å². The number of nitrogens with zero attached hydrogens (tertiary/aromatic N) is 2. The molecular formula is C15H27N3. The van der Waals surface area contributed by atoms with Gasteiger partial charge in [-0.2, -0.15) is 5.26 Å². The minimum Gasteiger partial charge on any atom is -0.303 e. The van der Waals surface area contributed by atoms with Gasteiger partial charge in [-0.05, 0) is 57.5 Å². The summed E-state index contributed by atoms with van der Waals surface area (Å²) in [6.07, 6.45) is 6.93. The molecule has 0 spiro atoms. The van der Waals surface area contributed by atoms with Crippen molar-refractivity contribution in [3.8, 4) is 6.07 Å². The first-order valence-corrected chi connectivity index (χ1v) is 7.59. The van der Waals surface area contributed by atoms with Crippen LogP contribution in [0.5, 0.6) is 0 Å². The fraction of sp³-hybridized carbons (Fsp3) is 0.933. The lowest BCUT2D eigenvalue weighted by molar-refractivity contribution is 0.288. The minimum absolute atomic E-state index is 0.257. The summed E-state index contributed by atoms with van der Waals surface area (Å²) in [5, 5.41) is 13.0. The standard InChI is InChI=1S/C15H27N3/c1-3-15(12-16,17-14-5-6-14)8-4-9-18-10-7-13(2)11-18/h13-14,17H,3-11H2,1-2H3. The highest BCUT2D eigenvalue weighted by Crippen LogP contribution is 2.27. The van der Waals surface area contributed by atoms with Crippen LogP contribution in [0.25, 0.3) is 0 Å². The fourth-order valence-corrected chi connectivity index (χ4v) is 2.97. The largest absolute Gasteiger partial charge is 0.303 e. The van der Waals surface area contributed by atoms with Crippen molar-refractivity contribution in [3.63, 3.8) is 0 Å². The highest BCUT2D eigenvalue weighted by Gasteiger charge is 2.34. The van der Waals surface area contributed by atoms with E-state index in [4.69, 9.17) is 0 Å². The molecule has 1 aliphatic carbocycles. The fourth-order valence-electron chi connectivity index (χ4n) is 2.97. The smallest absolute Gasteiger partial charge is 0.106 e. The van der Waals surface area contributed by atoms with E-state index in [1.54, 1.807) is 0 Å². The maximum atomic E-state index is 9.46. The molecular weight excluding hydrogens is 222 g/mol. The van der Waals surface area contributed by atoms with E-state index in [9.17, 15) is 5.26 Å². The Morgan fingerprint density at radius 2 is 2.17 bits per heavy atom. The average Bonchev–Trinajstić information content (AvgIpc) is 3.09. The van der Waals surface area contributed by atoms with Gasteiger partial charge in [-0.3, -0.25) is 5.32 Å². The lowest BCUT2D eigenvalue weighted by Gasteiger charge is -2.27. The molecule has 1 saturated carbocycles. The third kappa shape index (κ3) is 3.70. The Labute approximate surface area is 112 Å². The van der Waals surface area contributed by atoms with Crippen molar-refractivity contribution in [2.75, 3.05) is 19.6 Å². The summed E-state index contributed by atoms with van der Waals surface area (Å²) in [4.78, 5) is 2.56. The monoisotopic (exact) mass is 249 g/mol. The molecule has 2 fully saturated rings. The molecule has 0 aromatic heterocycles. The number of likely N-dealkylation sites (tertiary alicyclic amines) is 1. The first-order chi connectivity index (χ1) is 8.67. The molecule has 3 heteroatoms. The summed E-state index contributed by atoms with van der Waals surface area (Å²) in [7, 11) is 0. The Balaban J connectivity index is 1.73. The number of nitrogens with one attached hydrogen (secondary N) is 1. The lowest BCUT2D eigenvalue weighted by Crippen LogP contribution is -2.45. The van der Waals surface area contributed by atoms with Crippen molar-refractivity contribution >= 4 is 0 Å². The predicted octanol–water partition coefficient (Wildman–Crippen LogP) is 2.53. The molecule has 2 rings (SSSR count). The van der Waals surface area contributed by atoms with Crippen LogP contribution in [0.15, 0.2) is 0 Å². The first kappa shape index (κ1) is 13.8. The maximum Gasteiger partial charge on any atom is 0.106 e. The van der Waals surface area contributed by atoms with Gasteiger partial charge in [0.15, 0.2) is 0 Å². The lowest BCUT2D eigenvalue weighted by atomic mass is 9.91. The van der Waals surface area contributed by atoms with Gasteiger partial charge < -0.3 is 4.90 Å². The topological polar surface area (TPSA) is 39.1 Å². The van der Waals surface area contributed by atoms with E-state index in [1.807, 2.05) is 0 Å². The van der Waals surface area contributed by atoms with Crippen LogP contribution in [0.2, 0.25) is 0 Å². The van der Waals surface area contributed by atoms with Gasteiger partial charge in [-0.15, -0.1) is 0 Å². The highest BCUT2D eigenvalue weighted by atomic mass is 15.1. The second kappa shape index (κ2) is 6.04. The maximum absolute atomic E-state index is 9.46. The summed E-state index contributed by atoms with van der Waals surface area (Å²) >= 11 is 0. The Morgan fingerprint density at radius 3 is 2.67 bits per heavy atom. The summed E-state index contributed by atoms with van der Waals surface area (Å²) in [6, 6.07) is 3.16. The zero-order chi connectivity index (χ0) is 13.0. The third-order valence-electron chi connectivity index (χ3n) is 4.46. The van der Waals surface area contributed by atoms with Crippen LogP contribution in [-0.4, -0.2) is 36.1 Å². The normalized spacial score (nSPS) is 27.9. The van der Waals surface area contributed by atoms with Crippen LogP contribution < -0.4 is 5.32 Å². The summed E-state index contributed by atoms with van der Waals surface area (Å²) in [6.45, 7) is 8.14. The van der Waals surface area contributed by atoms with Gasteiger partial charge in [0.1, 0.15) is 5.54 Å². The summed E-state index contributed by atoms with van der Waals surface area (Å²) in [5.74, 6) is 0.862. The Hall–Kier alpha value is -0.590. The summed E-state index contributed by atoms with van der Waals surface area (Å²) in [5.41, 5.74) is -0.257. The van der Waals surface area contributed by atoms with Crippen molar-refractivity contribution in [2.45, 2.75) is 64.0 Å². The Morgan fingerprint density at radius 1 is 1.39 bits per heavy atom. The zero-order valence-electron chi connectivity index (χ0n) is 11.9. The first-order valence-electron chi connectivity index (χ1n) is 7.59. The van der Waals surface area contributed by atoms with E-state index in [0.717, 1.165) is 25.2 Å². The van der Waals surface area contributed by atoms with Crippen molar-refractivity contribution in [2.24, 2.45) is 5.92 Å². The molecule has 0 aromatic rings. The van der Waals surface area contributed by atoms with Gasteiger partial charge in [0.05, 0.1) is 6.07 Å². The van der Waals surface area contributed by atoms with E-state index in [-0.39, 0.29) is 5.54 Å². The van der Waals surface area contributed by atoms with Gasteiger partial charge in [-0.1, -0.05) is 13.8 Å². The van der Waals surface area contributed by atoms with E-state index < -0.39 is 0 Å². The van der Waals surface area contributed by atoms with Crippen LogP contribution in [0.4, 0.5) is 0 Å². The van der Waals surface area contributed by atoms with Crippen LogP contribution in [-0.2, 0) is 0 Å². The molecule has 1 aliphatic heterocycles. The molecule has 3 nitrogen and oxygen atoms in total. The van der Waals surface area contributed by atoms with Crippen LogP contribution in [0.1, 0.15) is 52.4 Å². The number of hydrogen-bond acceptors (Lipinski definition) is 3. The molecule has 1 heterocycles. The van der Waals surface area contributed by atoms with E-state index >= 15 is 0 Å². The number of hydrogen-bond donors (Lipinski definition) is 1. The molecule has 102 valence electrons. The quantitative estimate of drug-likeness (QED) is 0.753. The van der Waals surface area contributed by atoms with E-state index in [2.05, 4.69) is 30.1 Å².